The van der Waals surface area contributed by atoms with Crippen LogP contribution < -0.4 is 10.9 Å². The van der Waals surface area contributed by atoms with E-state index in [0.717, 1.165) is 10.8 Å². The van der Waals surface area contributed by atoms with Crippen LogP contribution in [-0.2, 0) is 30.7 Å². The summed E-state index contributed by atoms with van der Waals surface area (Å²) < 4.78 is 29.3. The molecule has 0 radical (unpaired) electrons. The number of carbonyl (C=O) groups excluding carboxylic acids is 2. The van der Waals surface area contributed by atoms with Gasteiger partial charge in [0.2, 0.25) is 0 Å². The SMILES string of the molecule is CS(=O)(=O)c1ccccc1NC(=O)COC(=O)Cn1ccccc1=O. The molecule has 0 saturated heterocycles. The molecule has 1 heterocycles. The maximum atomic E-state index is 11.9. The van der Waals surface area contributed by atoms with E-state index in [2.05, 4.69) is 5.32 Å². The van der Waals surface area contributed by atoms with Crippen LogP contribution in [0.25, 0.3) is 0 Å². The number of pyridine rings is 1. The molecule has 8 nitrogen and oxygen atoms in total. The lowest BCUT2D eigenvalue weighted by molar-refractivity contribution is -0.147. The second kappa shape index (κ2) is 7.75. The number of anilines is 1. The van der Waals surface area contributed by atoms with E-state index in [4.69, 9.17) is 4.74 Å². The quantitative estimate of drug-likeness (QED) is 0.744. The van der Waals surface area contributed by atoms with Gasteiger partial charge >= 0.3 is 5.97 Å². The minimum atomic E-state index is -3.52. The van der Waals surface area contributed by atoms with E-state index in [0.29, 0.717) is 0 Å². The Balaban J connectivity index is 1.95. The monoisotopic (exact) mass is 364 g/mol. The Bertz CT molecular complexity index is 949. The molecule has 1 amide bonds. The van der Waals surface area contributed by atoms with E-state index in [-0.39, 0.29) is 22.7 Å². The highest BCUT2D eigenvalue weighted by Gasteiger charge is 2.15. The van der Waals surface area contributed by atoms with E-state index in [9.17, 15) is 22.8 Å². The molecule has 2 rings (SSSR count). The summed E-state index contributed by atoms with van der Waals surface area (Å²) in [4.78, 5) is 35.0. The molecule has 2 aromatic rings. The molecule has 0 unspecified atom stereocenters. The highest BCUT2D eigenvalue weighted by molar-refractivity contribution is 7.90. The Morgan fingerprint density at radius 1 is 1.12 bits per heavy atom. The van der Waals surface area contributed by atoms with Gasteiger partial charge in [0.05, 0.1) is 10.6 Å². The predicted molar refractivity (Wildman–Crippen MR) is 89.8 cm³/mol. The topological polar surface area (TPSA) is 112 Å². The smallest absolute Gasteiger partial charge is 0.326 e. The van der Waals surface area contributed by atoms with Crippen LogP contribution >= 0.6 is 0 Å². The number of aromatic nitrogens is 1. The molecule has 0 aliphatic carbocycles. The lowest BCUT2D eigenvalue weighted by Gasteiger charge is -2.10. The number of nitrogens with zero attached hydrogens (tertiary/aromatic N) is 1. The molecule has 1 aromatic carbocycles. The largest absolute Gasteiger partial charge is 0.454 e. The molecule has 0 saturated carbocycles. The van der Waals surface area contributed by atoms with Crippen molar-refractivity contribution < 1.29 is 22.7 Å². The highest BCUT2D eigenvalue weighted by atomic mass is 32.2. The summed E-state index contributed by atoms with van der Waals surface area (Å²) in [5.74, 6) is -1.45. The molecule has 0 fully saturated rings. The predicted octanol–water partition coefficient (Wildman–Crippen LogP) is 0.434. The van der Waals surface area contributed by atoms with Crippen LogP contribution in [-0.4, -0.2) is 37.7 Å². The Morgan fingerprint density at radius 3 is 2.48 bits per heavy atom. The van der Waals surface area contributed by atoms with Gasteiger partial charge in [-0.1, -0.05) is 18.2 Å². The van der Waals surface area contributed by atoms with Crippen molar-refractivity contribution in [3.05, 3.63) is 59.0 Å². The number of para-hydroxylation sites is 1. The number of hydrogen-bond acceptors (Lipinski definition) is 6. The first-order chi connectivity index (χ1) is 11.8. The molecular weight excluding hydrogens is 348 g/mol. The van der Waals surface area contributed by atoms with Crippen molar-refractivity contribution in [2.75, 3.05) is 18.2 Å². The number of amides is 1. The molecule has 0 atom stereocenters. The van der Waals surface area contributed by atoms with E-state index >= 15 is 0 Å². The molecule has 0 bridgehead atoms. The number of carbonyl (C=O) groups is 2. The van der Waals surface area contributed by atoms with Gasteiger partial charge < -0.3 is 14.6 Å². The Hall–Kier alpha value is -2.94. The molecule has 9 heteroatoms. The first-order valence-corrected chi connectivity index (χ1v) is 9.06. The van der Waals surface area contributed by atoms with Crippen LogP contribution in [0.3, 0.4) is 0 Å². The van der Waals surface area contributed by atoms with Gasteiger partial charge in [-0.3, -0.25) is 14.4 Å². The van der Waals surface area contributed by atoms with E-state index < -0.39 is 28.3 Å². The molecule has 1 N–H and O–H groups in total. The van der Waals surface area contributed by atoms with Crippen LogP contribution in [0, 0.1) is 0 Å². The number of nitrogens with one attached hydrogen (secondary N) is 1. The Morgan fingerprint density at radius 2 is 1.80 bits per heavy atom. The summed E-state index contributed by atoms with van der Waals surface area (Å²) in [6.45, 7) is -0.925. The minimum Gasteiger partial charge on any atom is -0.454 e. The zero-order valence-electron chi connectivity index (χ0n) is 13.3. The Kier molecular flexibility index (Phi) is 5.71. The maximum absolute atomic E-state index is 11.9. The average Bonchev–Trinajstić information content (AvgIpc) is 2.55. The zero-order chi connectivity index (χ0) is 18.4. The van der Waals surface area contributed by atoms with Crippen LogP contribution in [0.4, 0.5) is 5.69 Å². The second-order valence-corrected chi connectivity index (χ2v) is 7.13. The van der Waals surface area contributed by atoms with Crippen molar-refractivity contribution in [1.29, 1.82) is 0 Å². The molecule has 0 aliphatic heterocycles. The average molecular weight is 364 g/mol. The van der Waals surface area contributed by atoms with Gasteiger partial charge in [-0.05, 0) is 18.2 Å². The van der Waals surface area contributed by atoms with Gasteiger partial charge in [0.15, 0.2) is 16.4 Å². The number of ether oxygens (including phenoxy) is 1. The number of sulfone groups is 1. The number of esters is 1. The van der Waals surface area contributed by atoms with Crippen LogP contribution in [0.1, 0.15) is 0 Å². The molecule has 25 heavy (non-hydrogen) atoms. The third-order valence-corrected chi connectivity index (χ3v) is 4.28. The first-order valence-electron chi connectivity index (χ1n) is 7.17. The molecule has 0 spiro atoms. The normalized spacial score (nSPS) is 10.9. The highest BCUT2D eigenvalue weighted by Crippen LogP contribution is 2.20. The molecular formula is C16H16N2O6S. The second-order valence-electron chi connectivity index (χ2n) is 5.14. The third-order valence-electron chi connectivity index (χ3n) is 3.12. The van der Waals surface area contributed by atoms with Crippen molar-refractivity contribution in [3.8, 4) is 0 Å². The van der Waals surface area contributed by atoms with E-state index in [1.54, 1.807) is 12.1 Å². The summed E-state index contributed by atoms with van der Waals surface area (Å²) >= 11 is 0. The van der Waals surface area contributed by atoms with E-state index in [1.807, 2.05) is 0 Å². The third kappa shape index (κ3) is 5.28. The zero-order valence-corrected chi connectivity index (χ0v) is 14.2. The summed E-state index contributed by atoms with van der Waals surface area (Å²) in [7, 11) is -3.52. The lowest BCUT2D eigenvalue weighted by Crippen LogP contribution is -2.27. The molecule has 132 valence electrons. The fraction of sp³-hybridized carbons (Fsp3) is 0.188. The van der Waals surface area contributed by atoms with Gasteiger partial charge in [0, 0.05) is 18.5 Å². The summed E-state index contributed by atoms with van der Waals surface area (Å²) in [6, 6.07) is 10.3. The van der Waals surface area contributed by atoms with Gasteiger partial charge in [-0.15, -0.1) is 0 Å². The summed E-state index contributed by atoms with van der Waals surface area (Å²) in [5, 5.41) is 2.38. The fourth-order valence-corrected chi connectivity index (χ4v) is 2.85. The van der Waals surface area contributed by atoms with Crippen molar-refractivity contribution in [3.63, 3.8) is 0 Å². The standard InChI is InChI=1S/C16H16N2O6S/c1-25(22,23)13-7-3-2-6-12(13)17-14(19)11-24-16(21)10-18-9-5-4-8-15(18)20/h2-9H,10-11H2,1H3,(H,17,19). The summed E-state index contributed by atoms with van der Waals surface area (Å²) in [6.07, 6.45) is 2.45. The van der Waals surface area contributed by atoms with Crippen LogP contribution in [0.15, 0.2) is 58.4 Å². The van der Waals surface area contributed by atoms with Gasteiger partial charge in [-0.25, -0.2) is 8.42 Å². The Labute approximate surface area is 144 Å². The van der Waals surface area contributed by atoms with Crippen molar-refractivity contribution in [2.24, 2.45) is 0 Å². The van der Waals surface area contributed by atoms with Crippen molar-refractivity contribution in [1.82, 2.24) is 4.57 Å². The van der Waals surface area contributed by atoms with Crippen molar-refractivity contribution >= 4 is 27.4 Å². The van der Waals surface area contributed by atoms with E-state index in [1.165, 1.54) is 36.5 Å². The maximum Gasteiger partial charge on any atom is 0.326 e. The fourth-order valence-electron chi connectivity index (χ4n) is 2.00. The van der Waals surface area contributed by atoms with Gasteiger partial charge in [0.25, 0.3) is 11.5 Å². The molecule has 0 aliphatic rings. The lowest BCUT2D eigenvalue weighted by atomic mass is 10.3. The molecule has 1 aromatic heterocycles. The minimum absolute atomic E-state index is 0.0366. The van der Waals surface area contributed by atoms with Gasteiger partial charge in [-0.2, -0.15) is 0 Å². The summed E-state index contributed by atoms with van der Waals surface area (Å²) in [5.41, 5.74) is -0.267. The number of hydrogen-bond donors (Lipinski definition) is 1. The number of rotatable bonds is 6. The first kappa shape index (κ1) is 18.4. The number of benzene rings is 1. The van der Waals surface area contributed by atoms with Gasteiger partial charge in [0.1, 0.15) is 6.54 Å². The van der Waals surface area contributed by atoms with Crippen molar-refractivity contribution in [2.45, 2.75) is 11.4 Å². The van der Waals surface area contributed by atoms with Crippen LogP contribution in [0.5, 0.6) is 0 Å². The van der Waals surface area contributed by atoms with Crippen LogP contribution in [0.2, 0.25) is 0 Å².